The third-order valence-corrected chi connectivity index (χ3v) is 11.2. The molecular formula is C20H26N6O14P2Se. The van der Waals surface area contributed by atoms with E-state index in [4.69, 9.17) is 30.0 Å². The van der Waals surface area contributed by atoms with E-state index in [1.54, 1.807) is 4.94 Å². The Morgan fingerprint density at radius 3 is 2.23 bits per heavy atom. The van der Waals surface area contributed by atoms with Crippen molar-refractivity contribution in [2.45, 2.75) is 49.0 Å². The van der Waals surface area contributed by atoms with Crippen molar-refractivity contribution in [2.24, 2.45) is 5.73 Å². The third kappa shape index (κ3) is 6.76. The normalized spacial score (nSPS) is 32.1. The number of hydrogen-bond donors (Lipinski definition) is 8. The Morgan fingerprint density at radius 1 is 0.977 bits per heavy atom. The Labute approximate surface area is 246 Å². The standard InChI is InChI=1S/C20H26N6O14P2Se/c21-17-11-19(24-5-23-17)26(6-25-11)20-15(30)13(28)9(39-20)3-37-42(34,35)40-41(32,33)36-2-8-12(27)14(29)16(38-8)10-1-7(4-43-10)18(22)31/h1,4-6,8-9,12-16,20,27-30H,2-3H2,(H2,22,31)(H,32,33)(H,34,35)(H2,21,23,24)/t8-,9-,12-,13-,14-,15-,16?,20?/m1/s1. The van der Waals surface area contributed by atoms with Gasteiger partial charge >= 0.3 is 159 Å². The van der Waals surface area contributed by atoms with Crippen LogP contribution in [0.3, 0.4) is 0 Å². The van der Waals surface area contributed by atoms with Crippen LogP contribution in [0.2, 0.25) is 0 Å². The van der Waals surface area contributed by atoms with E-state index in [0.29, 0.717) is 4.44 Å². The molecule has 0 bridgehead atoms. The van der Waals surface area contributed by atoms with E-state index in [-0.39, 0.29) is 22.5 Å². The molecule has 2 aliphatic heterocycles. The Balaban J connectivity index is 1.15. The second kappa shape index (κ2) is 12.3. The number of imidazole rings is 1. The van der Waals surface area contributed by atoms with Crippen molar-refractivity contribution >= 4 is 53.0 Å². The zero-order valence-corrected chi connectivity index (χ0v) is 25.0. The van der Waals surface area contributed by atoms with Crippen LogP contribution < -0.4 is 11.5 Å². The van der Waals surface area contributed by atoms with E-state index in [2.05, 4.69) is 19.3 Å². The molecule has 0 saturated carbocycles. The molecule has 3 aromatic heterocycles. The number of aliphatic hydroxyl groups is 4. The van der Waals surface area contributed by atoms with E-state index in [1.807, 2.05) is 0 Å². The van der Waals surface area contributed by atoms with Crippen LogP contribution in [0.5, 0.6) is 0 Å². The molecule has 23 heteroatoms. The van der Waals surface area contributed by atoms with Crippen LogP contribution in [-0.4, -0.2) is 120 Å². The van der Waals surface area contributed by atoms with Gasteiger partial charge in [0.25, 0.3) is 0 Å². The van der Waals surface area contributed by atoms with Crippen LogP contribution in [0, 0.1) is 0 Å². The summed E-state index contributed by atoms with van der Waals surface area (Å²) in [5, 5.41) is 41.5. The van der Waals surface area contributed by atoms with Crippen molar-refractivity contribution in [1.82, 2.24) is 19.5 Å². The molecule has 3 aromatic rings. The van der Waals surface area contributed by atoms with Gasteiger partial charge in [-0.3, -0.25) is 4.57 Å². The predicted molar refractivity (Wildman–Crippen MR) is 140 cm³/mol. The number of nitrogen functional groups attached to an aromatic ring is 1. The Morgan fingerprint density at radius 2 is 1.60 bits per heavy atom. The number of ether oxygens (including phenoxy) is 2. The molecule has 43 heavy (non-hydrogen) atoms. The molecule has 2 aliphatic rings. The van der Waals surface area contributed by atoms with Gasteiger partial charge in [-0.2, -0.15) is 0 Å². The summed E-state index contributed by atoms with van der Waals surface area (Å²) in [7, 11) is -10.7. The molecule has 0 radical (unpaired) electrons. The number of primary amides is 1. The number of phosphoric acid groups is 2. The second-order valence-corrected chi connectivity index (χ2v) is 14.4. The monoisotopic (exact) mass is 716 g/mol. The van der Waals surface area contributed by atoms with Gasteiger partial charge in [0.1, 0.15) is 24.1 Å². The average Bonchev–Trinajstić information content (AvgIpc) is 3.70. The van der Waals surface area contributed by atoms with Crippen molar-refractivity contribution in [2.75, 3.05) is 18.9 Å². The van der Waals surface area contributed by atoms with Gasteiger partial charge in [-0.15, -0.1) is 0 Å². The van der Waals surface area contributed by atoms with Crippen LogP contribution in [0.25, 0.3) is 11.2 Å². The van der Waals surface area contributed by atoms with E-state index in [0.717, 1.165) is 6.33 Å². The van der Waals surface area contributed by atoms with Gasteiger partial charge in [0.05, 0.1) is 6.33 Å². The van der Waals surface area contributed by atoms with Gasteiger partial charge < -0.3 is 20.7 Å². The summed E-state index contributed by atoms with van der Waals surface area (Å²) < 4.78 is 51.3. The number of nitrogens with zero attached hydrogens (tertiary/aromatic N) is 4. The van der Waals surface area contributed by atoms with Crippen LogP contribution in [0.1, 0.15) is 27.1 Å². The topological polar surface area (TPSA) is 314 Å². The van der Waals surface area contributed by atoms with Gasteiger partial charge in [0.2, 0.25) is 0 Å². The Kier molecular flexibility index (Phi) is 9.24. The summed E-state index contributed by atoms with van der Waals surface area (Å²) in [6.07, 6.45) is -9.04. The molecule has 20 nitrogen and oxygen atoms in total. The number of amides is 1. The summed E-state index contributed by atoms with van der Waals surface area (Å²) in [6.45, 7) is -1.74. The van der Waals surface area contributed by atoms with Crippen LogP contribution >= 0.6 is 15.6 Å². The van der Waals surface area contributed by atoms with Crippen LogP contribution in [-0.2, 0) is 32.0 Å². The molecule has 4 unspecified atom stereocenters. The zero-order valence-electron chi connectivity index (χ0n) is 21.5. The summed E-state index contributed by atoms with van der Waals surface area (Å²) in [5.41, 5.74) is 11.6. The molecule has 236 valence electrons. The summed E-state index contributed by atoms with van der Waals surface area (Å²) >= 11 is -0.413. The minimum atomic E-state index is -5.35. The van der Waals surface area contributed by atoms with Gasteiger partial charge in [0.15, 0.2) is 17.7 Å². The zero-order chi connectivity index (χ0) is 31.3. The number of aromatic nitrogens is 4. The molecule has 5 heterocycles. The van der Waals surface area contributed by atoms with Gasteiger partial charge in [-0.05, 0) is 0 Å². The molecule has 10 N–H and O–H groups in total. The fourth-order valence-corrected chi connectivity index (χ4v) is 8.55. The van der Waals surface area contributed by atoms with Crippen molar-refractivity contribution in [1.29, 1.82) is 0 Å². The molecule has 2 fully saturated rings. The third-order valence-electron chi connectivity index (χ3n) is 6.56. The average molecular weight is 715 g/mol. The fraction of sp³-hybridized carbons (Fsp3) is 0.500. The number of fused-ring (bicyclic) bond motifs is 1. The number of carbonyl (C=O) groups is 1. The molecule has 5 rings (SSSR count). The van der Waals surface area contributed by atoms with Crippen molar-refractivity contribution in [3.8, 4) is 0 Å². The number of phosphoric ester groups is 2. The Bertz CT molecular complexity index is 1590. The SMILES string of the molecule is NC(=O)c1c[se]c(C2O[C@H](COP(=O)(O)OP(=O)(O)OC[C@H]3OC(n4cnc5c(N)ncnc54)[C@H](O)[C@@H]3O)[C@@H](O)[C@H]2O)c1. The number of anilines is 1. The minimum absolute atomic E-state index is 0.0544. The maximum absolute atomic E-state index is 12.4. The van der Waals surface area contributed by atoms with E-state index < -0.39 is 98.2 Å². The molecular weight excluding hydrogens is 689 g/mol. The summed E-state index contributed by atoms with van der Waals surface area (Å²) in [4.78, 5) is 44.7. The number of aliphatic hydroxyl groups excluding tert-OH is 4. The van der Waals surface area contributed by atoms with Crippen molar-refractivity contribution in [3.63, 3.8) is 0 Å². The number of rotatable bonds is 11. The fourth-order valence-electron chi connectivity index (χ4n) is 4.42. The van der Waals surface area contributed by atoms with E-state index >= 15 is 0 Å². The van der Waals surface area contributed by atoms with Crippen molar-refractivity contribution < 1.29 is 67.0 Å². The number of carbonyl (C=O) groups excluding carboxylic acids is 1. The van der Waals surface area contributed by atoms with Gasteiger partial charge in [0, 0.05) is 0 Å². The molecule has 10 atom stereocenters. The van der Waals surface area contributed by atoms with Gasteiger partial charge in [-0.1, -0.05) is 0 Å². The summed E-state index contributed by atoms with van der Waals surface area (Å²) in [6, 6.07) is 1.42. The molecule has 0 spiro atoms. The number of hydrogen-bond acceptors (Lipinski definition) is 16. The first-order valence-corrected chi connectivity index (χ1v) is 17.0. The molecule has 0 aliphatic carbocycles. The molecule has 1 amide bonds. The van der Waals surface area contributed by atoms with E-state index in [1.165, 1.54) is 17.0 Å². The van der Waals surface area contributed by atoms with Crippen LogP contribution in [0.4, 0.5) is 5.82 Å². The van der Waals surface area contributed by atoms with Crippen LogP contribution in [0.15, 0.2) is 23.7 Å². The Hall–Kier alpha value is -2.16. The maximum atomic E-state index is 12.4. The first-order valence-electron chi connectivity index (χ1n) is 12.2. The second-order valence-electron chi connectivity index (χ2n) is 9.42. The quantitative estimate of drug-likeness (QED) is 0.0739. The first kappa shape index (κ1) is 32.2. The molecule has 0 aromatic carbocycles. The van der Waals surface area contributed by atoms with Gasteiger partial charge in [-0.25, -0.2) is 15.0 Å². The van der Waals surface area contributed by atoms with E-state index in [9.17, 15) is 44.1 Å². The first-order chi connectivity index (χ1) is 20.2. The molecule has 2 saturated heterocycles. The van der Waals surface area contributed by atoms with Crippen molar-refractivity contribution in [3.05, 3.63) is 33.7 Å². The summed E-state index contributed by atoms with van der Waals surface area (Å²) in [5.74, 6) is -0.630. The predicted octanol–water partition coefficient (Wildman–Crippen LogP) is -2.70. The number of nitrogens with two attached hydrogens (primary N) is 2.